The maximum absolute atomic E-state index is 13.3. The molecular formula is C23H23F6N3O5S. The van der Waals surface area contributed by atoms with Crippen LogP contribution in [0.15, 0.2) is 47.5 Å². The van der Waals surface area contributed by atoms with Gasteiger partial charge in [0.25, 0.3) is 0 Å². The Morgan fingerprint density at radius 3 is 2.18 bits per heavy atom. The second kappa shape index (κ2) is 9.91. The molecule has 0 saturated carbocycles. The molecule has 0 aliphatic carbocycles. The van der Waals surface area contributed by atoms with Gasteiger partial charge in [0, 0.05) is 25.7 Å². The number of piperidine rings is 1. The van der Waals surface area contributed by atoms with Crippen molar-refractivity contribution in [2.75, 3.05) is 24.5 Å². The molecule has 0 N–H and O–H groups in total. The Kier molecular flexibility index (Phi) is 7.29. The molecule has 4 rings (SSSR count). The highest BCUT2D eigenvalue weighted by molar-refractivity contribution is 7.89. The predicted octanol–water partition coefficient (Wildman–Crippen LogP) is 4.52. The van der Waals surface area contributed by atoms with Gasteiger partial charge in [-0.05, 0) is 44.4 Å². The summed E-state index contributed by atoms with van der Waals surface area (Å²) in [6, 6.07) is 7.10. The number of carbonyl (C=O) groups excluding carboxylic acids is 1. The van der Waals surface area contributed by atoms with E-state index >= 15 is 0 Å². The molecule has 15 heteroatoms. The number of para-hydroxylation sites is 1. The standard InChI is InChI=1S/C23H23F6N3O5S/c1-15(22(24,25)26)36-19-7-6-16(14-30-19)32-13-10-21(20(32)33)8-11-31(12-9-21)38(34,35)18-5-3-2-4-17(18)37-23(27,28)29/h2-7,14-15H,8-13H2,1H3. The molecular weight excluding hydrogens is 544 g/mol. The Hall–Kier alpha value is -3.07. The zero-order valence-electron chi connectivity index (χ0n) is 19.9. The highest BCUT2D eigenvalue weighted by atomic mass is 32.2. The number of benzene rings is 1. The van der Waals surface area contributed by atoms with Crippen molar-refractivity contribution in [3.63, 3.8) is 0 Å². The average Bonchev–Trinajstić information content (AvgIpc) is 3.14. The van der Waals surface area contributed by atoms with E-state index in [-0.39, 0.29) is 44.3 Å². The number of nitrogens with zero attached hydrogens (tertiary/aromatic N) is 3. The Labute approximate surface area is 214 Å². The summed E-state index contributed by atoms with van der Waals surface area (Å²) in [5.74, 6) is -1.38. The van der Waals surface area contributed by atoms with E-state index in [1.165, 1.54) is 35.4 Å². The van der Waals surface area contributed by atoms with Crippen LogP contribution in [-0.4, -0.2) is 61.9 Å². The van der Waals surface area contributed by atoms with Gasteiger partial charge in [-0.1, -0.05) is 12.1 Å². The van der Waals surface area contributed by atoms with Crippen molar-refractivity contribution in [2.45, 2.75) is 49.7 Å². The average molecular weight is 568 g/mol. The first kappa shape index (κ1) is 28.0. The third-order valence-corrected chi connectivity index (χ3v) is 8.61. The molecule has 1 spiro atoms. The Balaban J connectivity index is 1.44. The van der Waals surface area contributed by atoms with E-state index in [4.69, 9.17) is 4.74 Å². The molecule has 2 aliphatic heterocycles. The molecule has 1 aromatic carbocycles. The van der Waals surface area contributed by atoms with Crippen molar-refractivity contribution < 1.29 is 49.0 Å². The largest absolute Gasteiger partial charge is 0.573 e. The lowest BCUT2D eigenvalue weighted by molar-refractivity contribution is -0.275. The van der Waals surface area contributed by atoms with Gasteiger partial charge in [0.1, 0.15) is 10.6 Å². The first-order valence-electron chi connectivity index (χ1n) is 11.5. The van der Waals surface area contributed by atoms with E-state index < -0.39 is 44.7 Å². The molecule has 2 saturated heterocycles. The van der Waals surface area contributed by atoms with Gasteiger partial charge in [0.05, 0.1) is 17.3 Å². The Bertz CT molecular complexity index is 1280. The number of carbonyl (C=O) groups is 1. The summed E-state index contributed by atoms with van der Waals surface area (Å²) in [6.07, 6.45) is -9.79. The van der Waals surface area contributed by atoms with Crippen molar-refractivity contribution >= 4 is 21.6 Å². The molecule has 8 nitrogen and oxygen atoms in total. The SMILES string of the molecule is CC(Oc1ccc(N2CCC3(CCN(S(=O)(=O)c4ccccc4OC(F)(F)F)CC3)C2=O)cn1)C(F)(F)F. The zero-order valence-corrected chi connectivity index (χ0v) is 20.7. The van der Waals surface area contributed by atoms with Crippen LogP contribution in [0.4, 0.5) is 32.0 Å². The van der Waals surface area contributed by atoms with E-state index in [1.54, 1.807) is 0 Å². The number of hydrogen-bond donors (Lipinski definition) is 0. The van der Waals surface area contributed by atoms with Crippen LogP contribution in [0.25, 0.3) is 0 Å². The van der Waals surface area contributed by atoms with Gasteiger partial charge in [-0.2, -0.15) is 17.5 Å². The number of amides is 1. The van der Waals surface area contributed by atoms with Gasteiger partial charge in [-0.15, -0.1) is 13.2 Å². The summed E-state index contributed by atoms with van der Waals surface area (Å²) in [7, 11) is -4.34. The number of alkyl halides is 6. The highest BCUT2D eigenvalue weighted by Gasteiger charge is 2.50. The van der Waals surface area contributed by atoms with Crippen LogP contribution in [-0.2, 0) is 14.8 Å². The molecule has 208 valence electrons. The molecule has 38 heavy (non-hydrogen) atoms. The van der Waals surface area contributed by atoms with Crippen LogP contribution in [0.5, 0.6) is 11.6 Å². The second-order valence-electron chi connectivity index (χ2n) is 9.04. The van der Waals surface area contributed by atoms with Crippen LogP contribution in [0.1, 0.15) is 26.2 Å². The lowest BCUT2D eigenvalue weighted by Gasteiger charge is -2.37. The number of ether oxygens (including phenoxy) is 2. The molecule has 2 fully saturated rings. The van der Waals surface area contributed by atoms with Crippen LogP contribution in [0.3, 0.4) is 0 Å². The van der Waals surface area contributed by atoms with Crippen LogP contribution < -0.4 is 14.4 Å². The normalized spacial score (nSPS) is 19.6. The van der Waals surface area contributed by atoms with Crippen molar-refractivity contribution in [1.29, 1.82) is 0 Å². The summed E-state index contributed by atoms with van der Waals surface area (Å²) < 4.78 is 112. The van der Waals surface area contributed by atoms with Crippen molar-refractivity contribution in [3.8, 4) is 11.6 Å². The Morgan fingerprint density at radius 1 is 0.974 bits per heavy atom. The molecule has 3 heterocycles. The first-order chi connectivity index (χ1) is 17.6. The van der Waals surface area contributed by atoms with E-state index in [9.17, 15) is 39.6 Å². The van der Waals surface area contributed by atoms with Gasteiger partial charge in [0.2, 0.25) is 21.8 Å². The zero-order chi connectivity index (χ0) is 27.9. The van der Waals surface area contributed by atoms with Crippen LogP contribution >= 0.6 is 0 Å². The van der Waals surface area contributed by atoms with Gasteiger partial charge >= 0.3 is 12.5 Å². The second-order valence-corrected chi connectivity index (χ2v) is 10.9. The molecule has 1 atom stereocenters. The fourth-order valence-electron chi connectivity index (χ4n) is 4.55. The summed E-state index contributed by atoms with van der Waals surface area (Å²) in [5.41, 5.74) is -0.527. The monoisotopic (exact) mass is 567 g/mol. The van der Waals surface area contributed by atoms with Crippen molar-refractivity contribution in [1.82, 2.24) is 9.29 Å². The van der Waals surface area contributed by atoms with Crippen LogP contribution in [0.2, 0.25) is 0 Å². The number of halogens is 6. The van der Waals surface area contributed by atoms with Crippen molar-refractivity contribution in [3.05, 3.63) is 42.6 Å². The van der Waals surface area contributed by atoms with E-state index in [0.29, 0.717) is 12.1 Å². The summed E-state index contributed by atoms with van der Waals surface area (Å²) >= 11 is 0. The molecule has 0 bridgehead atoms. The summed E-state index contributed by atoms with van der Waals surface area (Å²) in [4.78, 5) is 18.0. The topological polar surface area (TPSA) is 89.0 Å². The van der Waals surface area contributed by atoms with E-state index in [1.807, 2.05) is 0 Å². The maximum Gasteiger partial charge on any atom is 0.573 e. The number of sulfonamides is 1. The minimum atomic E-state index is -5.08. The lowest BCUT2D eigenvalue weighted by atomic mass is 9.77. The molecule has 2 aliphatic rings. The highest BCUT2D eigenvalue weighted by Crippen LogP contribution is 2.44. The summed E-state index contributed by atoms with van der Waals surface area (Å²) in [5, 5.41) is 0. The number of anilines is 1. The van der Waals surface area contributed by atoms with Gasteiger partial charge in [-0.25, -0.2) is 13.4 Å². The molecule has 2 aromatic rings. The molecule has 1 aromatic heterocycles. The Morgan fingerprint density at radius 2 is 1.61 bits per heavy atom. The van der Waals surface area contributed by atoms with Gasteiger partial charge in [0.15, 0.2) is 6.10 Å². The minimum Gasteiger partial charge on any atom is -0.465 e. The van der Waals surface area contributed by atoms with E-state index in [0.717, 1.165) is 23.4 Å². The fraction of sp³-hybridized carbons (Fsp3) is 0.478. The van der Waals surface area contributed by atoms with Crippen LogP contribution in [0, 0.1) is 5.41 Å². The molecule has 1 amide bonds. The molecule has 0 radical (unpaired) electrons. The van der Waals surface area contributed by atoms with Gasteiger partial charge < -0.3 is 14.4 Å². The quantitative estimate of drug-likeness (QED) is 0.477. The third kappa shape index (κ3) is 5.67. The number of rotatable bonds is 6. The minimum absolute atomic E-state index is 0.0946. The van der Waals surface area contributed by atoms with Gasteiger partial charge in [-0.3, -0.25) is 4.79 Å². The van der Waals surface area contributed by atoms with E-state index in [2.05, 4.69) is 9.72 Å². The number of pyridine rings is 1. The lowest BCUT2D eigenvalue weighted by Crippen LogP contribution is -2.46. The maximum atomic E-state index is 13.3. The predicted molar refractivity (Wildman–Crippen MR) is 121 cm³/mol. The first-order valence-corrected chi connectivity index (χ1v) is 12.9. The van der Waals surface area contributed by atoms with Crippen molar-refractivity contribution in [2.24, 2.45) is 5.41 Å². The third-order valence-electron chi connectivity index (χ3n) is 6.68. The number of hydrogen-bond acceptors (Lipinski definition) is 6. The molecule has 1 unspecified atom stereocenters. The number of aromatic nitrogens is 1. The fourth-order valence-corrected chi connectivity index (χ4v) is 6.10. The summed E-state index contributed by atoms with van der Waals surface area (Å²) in [6.45, 7) is 0.942. The smallest absolute Gasteiger partial charge is 0.465 e.